The van der Waals surface area contributed by atoms with Gasteiger partial charge in [0.1, 0.15) is 0 Å². The molecule has 0 fully saturated rings. The van der Waals surface area contributed by atoms with Gasteiger partial charge >= 0.3 is 0 Å². The summed E-state index contributed by atoms with van der Waals surface area (Å²) in [7, 11) is 0. The number of rotatable bonds is 5. The molecule has 0 aliphatic rings. The van der Waals surface area contributed by atoms with Gasteiger partial charge in [-0.2, -0.15) is 0 Å². The molecule has 0 spiro atoms. The molecule has 0 radical (unpaired) electrons. The van der Waals surface area contributed by atoms with Crippen molar-refractivity contribution in [2.45, 2.75) is 13.5 Å². The molecule has 2 rings (SSSR count). The summed E-state index contributed by atoms with van der Waals surface area (Å²) in [5.41, 5.74) is 2.09. The zero-order valence-electron chi connectivity index (χ0n) is 12.0. The van der Waals surface area contributed by atoms with E-state index >= 15 is 0 Å². The lowest BCUT2D eigenvalue weighted by Crippen LogP contribution is -2.28. The first-order valence-electron chi connectivity index (χ1n) is 6.95. The topological polar surface area (TPSA) is 20.3 Å². The summed E-state index contributed by atoms with van der Waals surface area (Å²) in [6.07, 6.45) is 3.42. The summed E-state index contributed by atoms with van der Waals surface area (Å²) < 4.78 is 0. The minimum absolute atomic E-state index is 0.0105. The molecule has 0 aromatic heterocycles. The Labute approximate surface area is 130 Å². The largest absolute Gasteiger partial charge is 0.335 e. The van der Waals surface area contributed by atoms with Crippen LogP contribution < -0.4 is 0 Å². The maximum absolute atomic E-state index is 12.2. The maximum atomic E-state index is 12.2. The molecule has 0 aliphatic heterocycles. The Kier molecular flexibility index (Phi) is 5.59. The zero-order chi connectivity index (χ0) is 15.1. The number of nitrogens with zero attached hydrogens (tertiary/aromatic N) is 1. The summed E-state index contributed by atoms with van der Waals surface area (Å²) in [6, 6.07) is 17.4. The molecule has 108 valence electrons. The first kappa shape index (κ1) is 15.3. The van der Waals surface area contributed by atoms with Crippen molar-refractivity contribution in [3.63, 3.8) is 0 Å². The zero-order valence-corrected chi connectivity index (χ0v) is 12.8. The van der Waals surface area contributed by atoms with Crippen LogP contribution in [0.15, 0.2) is 60.7 Å². The summed E-state index contributed by atoms with van der Waals surface area (Å²) in [5, 5.41) is 0.692. The van der Waals surface area contributed by atoms with Crippen LogP contribution in [-0.4, -0.2) is 17.4 Å². The van der Waals surface area contributed by atoms with E-state index < -0.39 is 0 Å². The average molecular weight is 300 g/mol. The van der Waals surface area contributed by atoms with Crippen LogP contribution in [0.25, 0.3) is 6.08 Å². The molecule has 3 heteroatoms. The molecule has 1 amide bonds. The third-order valence-electron chi connectivity index (χ3n) is 3.20. The van der Waals surface area contributed by atoms with Crippen LogP contribution in [0.1, 0.15) is 18.1 Å². The Morgan fingerprint density at radius 3 is 2.38 bits per heavy atom. The average Bonchev–Trinajstić information content (AvgIpc) is 2.52. The number of benzene rings is 2. The van der Waals surface area contributed by atoms with Crippen molar-refractivity contribution < 1.29 is 4.79 Å². The lowest BCUT2D eigenvalue weighted by Gasteiger charge is -2.19. The fraction of sp³-hybridized carbons (Fsp3) is 0.167. The van der Waals surface area contributed by atoms with E-state index in [0.29, 0.717) is 18.1 Å². The number of carbonyl (C=O) groups excluding carboxylic acids is 1. The highest BCUT2D eigenvalue weighted by Gasteiger charge is 2.08. The predicted octanol–water partition coefficient (Wildman–Crippen LogP) is 4.40. The second-order valence-electron chi connectivity index (χ2n) is 4.72. The monoisotopic (exact) mass is 299 g/mol. The van der Waals surface area contributed by atoms with Gasteiger partial charge in [0.2, 0.25) is 5.91 Å². The van der Waals surface area contributed by atoms with Gasteiger partial charge < -0.3 is 4.90 Å². The predicted molar refractivity (Wildman–Crippen MR) is 88.0 cm³/mol. The van der Waals surface area contributed by atoms with Gasteiger partial charge in [0, 0.05) is 24.2 Å². The van der Waals surface area contributed by atoms with Gasteiger partial charge in [-0.15, -0.1) is 0 Å². The van der Waals surface area contributed by atoms with Crippen LogP contribution >= 0.6 is 11.6 Å². The van der Waals surface area contributed by atoms with E-state index in [1.807, 2.05) is 72.5 Å². The lowest BCUT2D eigenvalue weighted by molar-refractivity contribution is -0.126. The Hall–Kier alpha value is -2.06. The quantitative estimate of drug-likeness (QED) is 0.749. The molecule has 0 N–H and O–H groups in total. The van der Waals surface area contributed by atoms with Gasteiger partial charge in [0.15, 0.2) is 0 Å². The smallest absolute Gasteiger partial charge is 0.246 e. The van der Waals surface area contributed by atoms with Crippen LogP contribution in [0.2, 0.25) is 5.02 Å². The van der Waals surface area contributed by atoms with Crippen molar-refractivity contribution in [2.75, 3.05) is 6.54 Å². The van der Waals surface area contributed by atoms with E-state index in [2.05, 4.69) is 0 Å². The van der Waals surface area contributed by atoms with Crippen molar-refractivity contribution in [3.8, 4) is 0 Å². The SMILES string of the molecule is CCN(Cc1ccccc1)C(=O)C=Cc1ccc(Cl)cc1. The van der Waals surface area contributed by atoms with Gasteiger partial charge in [0.05, 0.1) is 0 Å². The highest BCUT2D eigenvalue weighted by molar-refractivity contribution is 6.30. The molecular formula is C18H18ClNO. The van der Waals surface area contributed by atoms with E-state index in [9.17, 15) is 4.79 Å². The fourth-order valence-corrected chi connectivity index (χ4v) is 2.12. The summed E-state index contributed by atoms with van der Waals surface area (Å²) in [6.45, 7) is 3.29. The molecule has 0 aliphatic carbocycles. The van der Waals surface area contributed by atoms with Crippen LogP contribution in [0.3, 0.4) is 0 Å². The number of amides is 1. The van der Waals surface area contributed by atoms with Crippen LogP contribution in [0.5, 0.6) is 0 Å². The van der Waals surface area contributed by atoms with E-state index in [-0.39, 0.29) is 5.91 Å². The van der Waals surface area contributed by atoms with Crippen molar-refractivity contribution in [3.05, 3.63) is 76.8 Å². The minimum Gasteiger partial charge on any atom is -0.335 e. The van der Waals surface area contributed by atoms with Gasteiger partial charge in [-0.1, -0.05) is 54.1 Å². The molecule has 0 unspecified atom stereocenters. The summed E-state index contributed by atoms with van der Waals surface area (Å²) in [5.74, 6) is 0.0105. The van der Waals surface area contributed by atoms with Gasteiger partial charge in [-0.3, -0.25) is 4.79 Å². The Morgan fingerprint density at radius 2 is 1.76 bits per heavy atom. The van der Waals surface area contributed by atoms with Crippen molar-refractivity contribution in [1.29, 1.82) is 0 Å². The third-order valence-corrected chi connectivity index (χ3v) is 3.45. The van der Waals surface area contributed by atoms with Crippen molar-refractivity contribution in [1.82, 2.24) is 4.90 Å². The van der Waals surface area contributed by atoms with Crippen molar-refractivity contribution >= 4 is 23.6 Å². The van der Waals surface area contributed by atoms with Crippen LogP contribution in [-0.2, 0) is 11.3 Å². The van der Waals surface area contributed by atoms with Gasteiger partial charge in [0.25, 0.3) is 0 Å². The van der Waals surface area contributed by atoms with E-state index in [1.54, 1.807) is 6.08 Å². The second kappa shape index (κ2) is 7.65. The Bertz CT molecular complexity index is 605. The highest BCUT2D eigenvalue weighted by atomic mass is 35.5. The second-order valence-corrected chi connectivity index (χ2v) is 5.16. The normalized spacial score (nSPS) is 10.8. The molecule has 0 atom stereocenters. The number of likely N-dealkylation sites (N-methyl/N-ethyl adjacent to an activating group) is 1. The maximum Gasteiger partial charge on any atom is 0.246 e. The first-order valence-corrected chi connectivity index (χ1v) is 7.33. The molecular weight excluding hydrogens is 282 g/mol. The number of halogens is 1. The van der Waals surface area contributed by atoms with E-state index in [1.165, 1.54) is 0 Å². The molecule has 0 saturated carbocycles. The fourth-order valence-electron chi connectivity index (χ4n) is 2.00. The number of carbonyl (C=O) groups is 1. The molecule has 0 saturated heterocycles. The molecule has 2 aromatic carbocycles. The third kappa shape index (κ3) is 4.76. The first-order chi connectivity index (χ1) is 10.2. The highest BCUT2D eigenvalue weighted by Crippen LogP contribution is 2.11. The van der Waals surface area contributed by atoms with E-state index in [0.717, 1.165) is 11.1 Å². The van der Waals surface area contributed by atoms with Crippen molar-refractivity contribution in [2.24, 2.45) is 0 Å². The minimum atomic E-state index is 0.0105. The molecule has 2 nitrogen and oxygen atoms in total. The molecule has 0 heterocycles. The molecule has 2 aromatic rings. The van der Waals surface area contributed by atoms with Crippen LogP contribution in [0.4, 0.5) is 0 Å². The summed E-state index contributed by atoms with van der Waals surface area (Å²) in [4.78, 5) is 14.0. The summed E-state index contributed by atoms with van der Waals surface area (Å²) >= 11 is 5.84. The number of hydrogen-bond donors (Lipinski definition) is 0. The number of hydrogen-bond acceptors (Lipinski definition) is 1. The van der Waals surface area contributed by atoms with Gasteiger partial charge in [-0.05, 0) is 36.3 Å². The Morgan fingerprint density at radius 1 is 1.10 bits per heavy atom. The van der Waals surface area contributed by atoms with Gasteiger partial charge in [-0.25, -0.2) is 0 Å². The Balaban J connectivity index is 2.01. The lowest BCUT2D eigenvalue weighted by atomic mass is 10.2. The molecule has 0 bridgehead atoms. The standard InChI is InChI=1S/C18H18ClNO/c1-2-20(14-16-6-4-3-5-7-16)18(21)13-10-15-8-11-17(19)12-9-15/h3-13H,2,14H2,1H3. The molecule has 21 heavy (non-hydrogen) atoms. The van der Waals surface area contributed by atoms with E-state index in [4.69, 9.17) is 11.6 Å². The van der Waals surface area contributed by atoms with Crippen LogP contribution in [0, 0.1) is 0 Å².